The Morgan fingerprint density at radius 1 is 1.08 bits per heavy atom. The van der Waals surface area contributed by atoms with E-state index in [0.29, 0.717) is 18.4 Å². The maximum absolute atomic E-state index is 12.6. The molecular weight excluding hydrogens is 346 g/mol. The highest BCUT2D eigenvalue weighted by atomic mass is 32.2. The predicted octanol–water partition coefficient (Wildman–Crippen LogP) is 4.21. The monoisotopic (exact) mass is 381 g/mol. The topological polar surface area (TPSA) is 63.9 Å². The van der Waals surface area contributed by atoms with Crippen LogP contribution in [-0.4, -0.2) is 49.9 Å². The summed E-state index contributed by atoms with van der Waals surface area (Å²) in [4.78, 5) is 14.7. The number of tetrazole rings is 1. The zero-order valence-corrected chi connectivity index (χ0v) is 17.3. The Bertz CT molecular complexity index is 510. The number of rotatable bonds is 6. The minimum Gasteiger partial charge on any atom is -0.343 e. The van der Waals surface area contributed by atoms with Crippen molar-refractivity contribution in [2.24, 2.45) is 7.05 Å². The normalized spacial score (nSPS) is 18.1. The molecular formula is C19H35N5OS. The second-order valence-corrected chi connectivity index (χ2v) is 8.52. The SMILES string of the molecule is CN(C(=O)CCCSc1nnnn1C)C1CCCCCCCCCCC1. The van der Waals surface area contributed by atoms with Crippen LogP contribution in [0.1, 0.15) is 83.5 Å². The van der Waals surface area contributed by atoms with Gasteiger partial charge in [-0.2, -0.15) is 0 Å². The van der Waals surface area contributed by atoms with Crippen LogP contribution in [-0.2, 0) is 11.8 Å². The van der Waals surface area contributed by atoms with Crippen molar-refractivity contribution in [1.82, 2.24) is 25.1 Å². The minimum atomic E-state index is 0.291. The summed E-state index contributed by atoms with van der Waals surface area (Å²) in [6, 6.07) is 0.428. The van der Waals surface area contributed by atoms with Crippen molar-refractivity contribution in [3.05, 3.63) is 0 Å². The lowest BCUT2D eigenvalue weighted by Gasteiger charge is -2.29. The molecule has 0 aliphatic heterocycles. The van der Waals surface area contributed by atoms with Gasteiger partial charge in [0.25, 0.3) is 0 Å². The number of hydrogen-bond acceptors (Lipinski definition) is 5. The lowest BCUT2D eigenvalue weighted by Crippen LogP contribution is -2.37. The largest absolute Gasteiger partial charge is 0.343 e. The Labute approximate surface area is 162 Å². The van der Waals surface area contributed by atoms with Crippen molar-refractivity contribution in [1.29, 1.82) is 0 Å². The fraction of sp³-hybridized carbons (Fsp3) is 0.895. The van der Waals surface area contributed by atoms with Crippen molar-refractivity contribution < 1.29 is 4.79 Å². The molecule has 0 atom stereocenters. The van der Waals surface area contributed by atoms with E-state index in [4.69, 9.17) is 0 Å². The van der Waals surface area contributed by atoms with E-state index in [9.17, 15) is 4.79 Å². The first-order valence-corrected chi connectivity index (χ1v) is 11.3. The number of aryl methyl sites for hydroxylation is 1. The Balaban J connectivity index is 1.71. The summed E-state index contributed by atoms with van der Waals surface area (Å²) in [5.74, 6) is 1.16. The molecule has 7 heteroatoms. The highest BCUT2D eigenvalue weighted by Crippen LogP contribution is 2.21. The average molecular weight is 382 g/mol. The van der Waals surface area contributed by atoms with Crippen molar-refractivity contribution in [2.75, 3.05) is 12.8 Å². The number of aromatic nitrogens is 4. The van der Waals surface area contributed by atoms with Crippen molar-refractivity contribution in [3.63, 3.8) is 0 Å². The van der Waals surface area contributed by atoms with Crippen molar-refractivity contribution >= 4 is 17.7 Å². The van der Waals surface area contributed by atoms with Crippen LogP contribution in [0.2, 0.25) is 0 Å². The molecule has 1 amide bonds. The van der Waals surface area contributed by atoms with Crippen molar-refractivity contribution in [3.8, 4) is 0 Å². The summed E-state index contributed by atoms with van der Waals surface area (Å²) < 4.78 is 1.67. The standard InChI is InChI=1S/C19H35N5OS/c1-23(17-13-10-8-6-4-3-5-7-9-11-14-17)18(25)15-12-16-26-19-20-21-22-24(19)2/h17H,3-16H2,1-2H3. The third-order valence-electron chi connectivity index (χ3n) is 5.36. The number of amides is 1. The van der Waals surface area contributed by atoms with E-state index < -0.39 is 0 Å². The molecule has 1 aliphatic rings. The summed E-state index contributed by atoms with van der Waals surface area (Å²) in [5.41, 5.74) is 0. The first-order chi connectivity index (χ1) is 12.7. The Kier molecular flexibility index (Phi) is 10.0. The first-order valence-electron chi connectivity index (χ1n) is 10.3. The fourth-order valence-electron chi connectivity index (χ4n) is 3.64. The second-order valence-electron chi connectivity index (χ2n) is 7.45. The van der Waals surface area contributed by atoms with E-state index in [1.807, 2.05) is 19.0 Å². The molecule has 0 aromatic carbocycles. The van der Waals surface area contributed by atoms with E-state index in [1.165, 1.54) is 70.6 Å². The average Bonchev–Trinajstić information content (AvgIpc) is 3.03. The number of thioether (sulfide) groups is 1. The van der Waals surface area contributed by atoms with Crippen LogP contribution in [0.25, 0.3) is 0 Å². The molecule has 1 aromatic heterocycles. The molecule has 148 valence electrons. The van der Waals surface area contributed by atoms with Crippen LogP contribution in [0.15, 0.2) is 5.16 Å². The van der Waals surface area contributed by atoms with Gasteiger partial charge in [-0.3, -0.25) is 4.79 Å². The highest BCUT2D eigenvalue weighted by molar-refractivity contribution is 7.99. The van der Waals surface area contributed by atoms with Gasteiger partial charge in [-0.25, -0.2) is 4.68 Å². The summed E-state index contributed by atoms with van der Waals surface area (Å²) >= 11 is 1.61. The summed E-state index contributed by atoms with van der Waals surface area (Å²) in [6.45, 7) is 0. The molecule has 0 N–H and O–H groups in total. The zero-order chi connectivity index (χ0) is 18.6. The molecule has 0 radical (unpaired) electrons. The van der Waals surface area contributed by atoms with Crippen LogP contribution in [0.5, 0.6) is 0 Å². The number of carbonyl (C=O) groups is 1. The van der Waals surface area contributed by atoms with Gasteiger partial charge >= 0.3 is 0 Å². The minimum absolute atomic E-state index is 0.291. The van der Waals surface area contributed by atoms with Gasteiger partial charge in [-0.05, 0) is 29.7 Å². The fourth-order valence-corrected chi connectivity index (χ4v) is 4.43. The summed E-state index contributed by atoms with van der Waals surface area (Å²) in [7, 11) is 3.85. The maximum atomic E-state index is 12.6. The van der Waals surface area contributed by atoms with Crippen LogP contribution in [0, 0.1) is 0 Å². The molecule has 0 bridgehead atoms. The second kappa shape index (κ2) is 12.3. The van der Waals surface area contributed by atoms with E-state index in [2.05, 4.69) is 15.5 Å². The van der Waals surface area contributed by atoms with Crippen LogP contribution in [0.4, 0.5) is 0 Å². The van der Waals surface area contributed by atoms with Gasteiger partial charge in [0.1, 0.15) is 0 Å². The number of hydrogen-bond donors (Lipinski definition) is 0. The Morgan fingerprint density at radius 2 is 1.65 bits per heavy atom. The van der Waals surface area contributed by atoms with Gasteiger partial charge in [0.05, 0.1) is 0 Å². The molecule has 1 aromatic rings. The molecule has 2 rings (SSSR count). The molecule has 1 heterocycles. The third kappa shape index (κ3) is 7.64. The van der Waals surface area contributed by atoms with Crippen LogP contribution < -0.4 is 0 Å². The molecule has 0 saturated heterocycles. The predicted molar refractivity (Wildman–Crippen MR) is 106 cm³/mol. The van der Waals surface area contributed by atoms with Gasteiger partial charge in [0.15, 0.2) is 0 Å². The smallest absolute Gasteiger partial charge is 0.222 e. The number of carbonyl (C=O) groups excluding carboxylic acids is 1. The Morgan fingerprint density at radius 3 is 2.19 bits per heavy atom. The van der Waals surface area contributed by atoms with Gasteiger partial charge in [-0.15, -0.1) is 5.10 Å². The van der Waals surface area contributed by atoms with Crippen LogP contribution in [0.3, 0.4) is 0 Å². The van der Waals surface area contributed by atoms with Crippen LogP contribution >= 0.6 is 11.8 Å². The molecule has 6 nitrogen and oxygen atoms in total. The molecule has 0 spiro atoms. The van der Waals surface area contributed by atoms with Gasteiger partial charge in [-0.1, -0.05) is 69.5 Å². The Hall–Kier alpha value is -1.11. The molecule has 26 heavy (non-hydrogen) atoms. The van der Waals surface area contributed by atoms with Gasteiger partial charge in [0, 0.05) is 32.3 Å². The molecule has 1 aliphatic carbocycles. The summed E-state index contributed by atoms with van der Waals surface area (Å²) in [6.07, 6.45) is 15.9. The maximum Gasteiger partial charge on any atom is 0.222 e. The van der Waals surface area contributed by atoms with E-state index >= 15 is 0 Å². The quantitative estimate of drug-likeness (QED) is 0.545. The lowest BCUT2D eigenvalue weighted by molar-refractivity contribution is -0.132. The van der Waals surface area contributed by atoms with Gasteiger partial charge < -0.3 is 4.90 Å². The van der Waals surface area contributed by atoms with Crippen molar-refractivity contribution in [2.45, 2.75) is 94.7 Å². The van der Waals surface area contributed by atoms with E-state index in [0.717, 1.165) is 17.3 Å². The lowest BCUT2D eigenvalue weighted by atomic mass is 9.97. The van der Waals surface area contributed by atoms with Gasteiger partial charge in [0.2, 0.25) is 11.1 Å². The molecule has 1 fully saturated rings. The highest BCUT2D eigenvalue weighted by Gasteiger charge is 2.19. The first kappa shape index (κ1) is 21.2. The number of nitrogens with zero attached hydrogens (tertiary/aromatic N) is 5. The van der Waals surface area contributed by atoms with E-state index in [1.54, 1.807) is 16.4 Å². The molecule has 0 unspecified atom stereocenters. The molecule has 1 saturated carbocycles. The van der Waals surface area contributed by atoms with E-state index in [-0.39, 0.29) is 0 Å². The summed E-state index contributed by atoms with van der Waals surface area (Å²) in [5, 5.41) is 12.2. The zero-order valence-electron chi connectivity index (χ0n) is 16.5. The third-order valence-corrected chi connectivity index (χ3v) is 6.46.